The number of anilines is 8. The number of methoxy groups -OCH3 is 2. The molecular weight excluding hydrogens is 961 g/mol. The number of rotatable bonds is 24. The molecule has 360 valence electrons. The Morgan fingerprint density at radius 1 is 0.591 bits per heavy atom. The Labute approximate surface area is 377 Å². The molecule has 0 spiro atoms. The first kappa shape index (κ1) is 49.9. The molecule has 0 bridgehead atoms. The molecular formula is C34H44N12O16S4. The molecule has 10 N–H and O–H groups in total. The molecule has 66 heavy (non-hydrogen) atoms. The van der Waals surface area contributed by atoms with Crippen molar-refractivity contribution in [3.05, 3.63) is 47.5 Å². The molecule has 0 saturated carbocycles. The molecule has 28 nitrogen and oxygen atoms in total. The molecule has 2 aromatic carbocycles. The maximum absolute atomic E-state index is 12.7. The van der Waals surface area contributed by atoms with Gasteiger partial charge in [-0.05, 0) is 35.4 Å². The first-order valence-corrected chi connectivity index (χ1v) is 25.1. The second-order valence-electron chi connectivity index (χ2n) is 14.8. The number of ether oxygens (including phenoxy) is 2. The molecule has 2 saturated heterocycles. The lowest BCUT2D eigenvalue weighted by atomic mass is 10.1. The Morgan fingerprint density at radius 2 is 0.955 bits per heavy atom. The van der Waals surface area contributed by atoms with Gasteiger partial charge in [0.25, 0.3) is 40.5 Å². The van der Waals surface area contributed by atoms with Crippen molar-refractivity contribution >= 4 is 99.7 Å². The van der Waals surface area contributed by atoms with Gasteiger partial charge in [-0.15, -0.1) is 0 Å². The van der Waals surface area contributed by atoms with Crippen LogP contribution in [0.15, 0.2) is 46.2 Å². The molecule has 2 aliphatic rings. The molecule has 4 heterocycles. The average Bonchev–Trinajstić information content (AvgIpc) is 4.14. The van der Waals surface area contributed by atoms with E-state index in [1.54, 1.807) is 9.80 Å². The Morgan fingerprint density at radius 3 is 1.27 bits per heavy atom. The zero-order valence-electron chi connectivity index (χ0n) is 34.7. The van der Waals surface area contributed by atoms with Gasteiger partial charge >= 0.3 is 0 Å². The van der Waals surface area contributed by atoms with Crippen molar-refractivity contribution in [2.24, 2.45) is 0 Å². The van der Waals surface area contributed by atoms with E-state index in [2.05, 4.69) is 51.2 Å². The summed E-state index contributed by atoms with van der Waals surface area (Å²) >= 11 is 0. The van der Waals surface area contributed by atoms with Crippen LogP contribution < -0.4 is 31.1 Å². The highest BCUT2D eigenvalue weighted by Crippen LogP contribution is 2.38. The van der Waals surface area contributed by atoms with Crippen molar-refractivity contribution in [1.82, 2.24) is 29.9 Å². The smallest absolute Gasteiger partial charge is 0.295 e. The lowest BCUT2D eigenvalue weighted by Gasteiger charge is -2.16. The van der Waals surface area contributed by atoms with Crippen LogP contribution in [0.25, 0.3) is 12.2 Å². The van der Waals surface area contributed by atoms with Gasteiger partial charge in [0.2, 0.25) is 35.7 Å². The van der Waals surface area contributed by atoms with E-state index < -0.39 is 72.8 Å². The van der Waals surface area contributed by atoms with E-state index in [1.807, 2.05) is 0 Å². The second kappa shape index (κ2) is 19.4. The van der Waals surface area contributed by atoms with E-state index in [9.17, 15) is 53.0 Å². The van der Waals surface area contributed by atoms with Crippen LogP contribution in [0, 0.1) is 0 Å². The number of nitrogens with one attached hydrogen (secondary N) is 4. The summed E-state index contributed by atoms with van der Waals surface area (Å²) in [4.78, 5) is 27.3. The van der Waals surface area contributed by atoms with Gasteiger partial charge in [-0.3, -0.25) is 18.2 Å². The fraction of sp³-hybridized carbons (Fsp3) is 0.412. The maximum Gasteiger partial charge on any atom is 0.295 e. The number of nitrogens with zero attached hydrogens (tertiary/aromatic N) is 8. The van der Waals surface area contributed by atoms with Gasteiger partial charge in [-0.2, -0.15) is 63.6 Å². The fourth-order valence-corrected chi connectivity index (χ4v) is 8.58. The lowest BCUT2D eigenvalue weighted by Crippen LogP contribution is -2.30. The molecule has 4 aromatic rings. The van der Waals surface area contributed by atoms with Gasteiger partial charge in [-0.25, -0.2) is 0 Å². The van der Waals surface area contributed by atoms with Crippen LogP contribution in [0.2, 0.25) is 0 Å². The summed E-state index contributed by atoms with van der Waals surface area (Å²) in [5.74, 6) is -2.10. The van der Waals surface area contributed by atoms with Gasteiger partial charge in [0, 0.05) is 51.8 Å². The molecule has 0 aliphatic carbocycles. The minimum Gasteiger partial charge on any atom is -0.394 e. The molecule has 2 aromatic heterocycles. The van der Waals surface area contributed by atoms with Crippen LogP contribution >= 0.6 is 0 Å². The predicted molar refractivity (Wildman–Crippen MR) is 236 cm³/mol. The number of aliphatic hydroxyl groups is 2. The SMILES string of the molecule is COCC1(CO)CN1c1nc(NCCS(=O)(=O)O)nc(Nc2ccc(C=Cc3ccc(Nc4nc(NCCS(=O)(=O)O)nc(N5CC5(CO)COC)n4)cc3S(=O)(=O)O)c(S(=O)(=O)O)c2)n1. The molecule has 2 atom stereocenters. The van der Waals surface area contributed by atoms with E-state index in [0.717, 1.165) is 24.3 Å². The van der Waals surface area contributed by atoms with E-state index in [4.69, 9.17) is 18.6 Å². The standard InChI is InChI=1S/C34H44N12O16S4/c1-61-19-33(17-47)15-45(33)31-41-27(35-9-11-63(49,50)51)39-29(43-31)37-23-7-5-21(25(13-23)65(55,56)57)3-4-22-6-8-24(14-26(22)66(58,59)60)38-30-40-28(36-10-12-64(52,53)54)42-32(44-30)46-16-34(46,18-48)20-62-2/h3-8,13-14,47-48H,9-12,15-20H2,1-2H3,(H,49,50,51)(H,52,53,54)(H,55,56,57)(H,58,59,60)(H2,35,37,39,41,43)(H2,36,38,40,42,44). The van der Waals surface area contributed by atoms with Gasteiger partial charge in [-0.1, -0.05) is 24.3 Å². The van der Waals surface area contributed by atoms with Gasteiger partial charge in [0.1, 0.15) is 20.9 Å². The van der Waals surface area contributed by atoms with Crippen molar-refractivity contribution < 1.29 is 71.6 Å². The first-order valence-electron chi connectivity index (χ1n) is 19.0. The highest BCUT2D eigenvalue weighted by molar-refractivity contribution is 7.86. The Kier molecular flexibility index (Phi) is 14.6. The summed E-state index contributed by atoms with van der Waals surface area (Å²) in [6, 6.07) is 7.21. The first-order chi connectivity index (χ1) is 30.9. The number of hydrogen-bond donors (Lipinski definition) is 10. The largest absolute Gasteiger partial charge is 0.394 e. The normalized spacial score (nSPS) is 18.7. The van der Waals surface area contributed by atoms with Gasteiger partial charge in [0.15, 0.2) is 0 Å². The third-order valence-corrected chi connectivity index (χ3v) is 13.1. The summed E-state index contributed by atoms with van der Waals surface area (Å²) in [6.07, 6.45) is 2.29. The third-order valence-electron chi connectivity index (χ3n) is 9.81. The number of benzene rings is 2. The fourth-order valence-electron chi connectivity index (χ4n) is 6.44. The summed E-state index contributed by atoms with van der Waals surface area (Å²) in [7, 11) is -15.8. The summed E-state index contributed by atoms with van der Waals surface area (Å²) in [6.45, 7) is -0.595. The third kappa shape index (κ3) is 12.7. The van der Waals surface area contributed by atoms with Crippen molar-refractivity contribution in [2.75, 3.05) is 109 Å². The summed E-state index contributed by atoms with van der Waals surface area (Å²) in [5.41, 5.74) is -2.04. The second-order valence-corrected chi connectivity index (χ2v) is 20.8. The number of hydrogen-bond acceptors (Lipinski definition) is 24. The zero-order valence-corrected chi connectivity index (χ0v) is 37.9. The number of aliphatic hydroxyl groups excluding tert-OH is 2. The number of aromatic nitrogens is 6. The quantitative estimate of drug-likeness (QED) is 0.0233. The average molecular weight is 1010 g/mol. The molecule has 2 unspecified atom stereocenters. The van der Waals surface area contributed by atoms with Crippen LogP contribution in [0.4, 0.5) is 47.1 Å². The maximum atomic E-state index is 12.7. The van der Waals surface area contributed by atoms with Crippen molar-refractivity contribution in [2.45, 2.75) is 20.9 Å². The monoisotopic (exact) mass is 1000 g/mol. The van der Waals surface area contributed by atoms with Crippen LogP contribution in [0.1, 0.15) is 11.1 Å². The van der Waals surface area contributed by atoms with Crippen molar-refractivity contribution in [3.8, 4) is 0 Å². The predicted octanol–water partition coefficient (Wildman–Crippen LogP) is -0.798. The van der Waals surface area contributed by atoms with Crippen molar-refractivity contribution in [1.29, 1.82) is 0 Å². The summed E-state index contributed by atoms with van der Waals surface area (Å²) < 4.78 is 145. The van der Waals surface area contributed by atoms with E-state index >= 15 is 0 Å². The van der Waals surface area contributed by atoms with E-state index in [1.165, 1.54) is 38.5 Å². The molecule has 0 amide bonds. The van der Waals surface area contributed by atoms with Gasteiger partial charge in [0.05, 0.1) is 37.9 Å². The highest BCUT2D eigenvalue weighted by Gasteiger charge is 2.54. The van der Waals surface area contributed by atoms with Gasteiger partial charge < -0.3 is 50.8 Å². The van der Waals surface area contributed by atoms with Crippen LogP contribution in [-0.2, 0) is 49.9 Å². The zero-order chi connectivity index (χ0) is 48.3. The summed E-state index contributed by atoms with van der Waals surface area (Å²) in [5, 5.41) is 30.9. The Hall–Kier alpha value is -5.52. The van der Waals surface area contributed by atoms with E-state index in [-0.39, 0.29) is 111 Å². The minimum absolute atomic E-state index is 0.00322. The topological polar surface area (TPSA) is 408 Å². The van der Waals surface area contributed by atoms with E-state index in [0.29, 0.717) is 0 Å². The van der Waals surface area contributed by atoms with Crippen molar-refractivity contribution in [3.63, 3.8) is 0 Å². The van der Waals surface area contributed by atoms with Crippen LogP contribution in [-0.4, -0.2) is 181 Å². The van der Waals surface area contributed by atoms with Crippen LogP contribution in [0.3, 0.4) is 0 Å². The highest BCUT2D eigenvalue weighted by atomic mass is 32.2. The lowest BCUT2D eigenvalue weighted by molar-refractivity contribution is 0.135. The molecule has 2 fully saturated rings. The molecule has 6 rings (SSSR count). The Bertz CT molecular complexity index is 2760. The molecule has 2 aliphatic heterocycles. The van der Waals surface area contributed by atoms with Crippen LogP contribution in [0.5, 0.6) is 0 Å². The molecule has 0 radical (unpaired) electrons. The Balaban J connectivity index is 1.28. The molecule has 32 heteroatoms. The minimum atomic E-state index is -4.99.